The molecule has 0 saturated carbocycles. The highest BCUT2D eigenvalue weighted by Crippen LogP contribution is 2.33. The second kappa shape index (κ2) is 7.76. The molecule has 5 heteroatoms. The number of carbonyl (C=O) groups is 1. The van der Waals surface area contributed by atoms with Crippen molar-refractivity contribution in [2.45, 2.75) is 34.2 Å². The minimum absolute atomic E-state index is 0.0541. The van der Waals surface area contributed by atoms with Crippen molar-refractivity contribution >= 4 is 32.6 Å². The quantitative estimate of drug-likeness (QED) is 0.436. The van der Waals surface area contributed by atoms with Crippen molar-refractivity contribution in [3.05, 3.63) is 88.2 Å². The van der Waals surface area contributed by atoms with Crippen molar-refractivity contribution in [1.82, 2.24) is 9.97 Å². The van der Waals surface area contributed by atoms with E-state index in [1.54, 1.807) is 22.4 Å². The SMILES string of the molecule is Cc1ccc(C(=O)N(Cc2ccccn2)c2nc3cc(C)cc(C)c3s2)c(C)c1. The Labute approximate surface area is 174 Å². The fourth-order valence-electron chi connectivity index (χ4n) is 3.56. The van der Waals surface area contributed by atoms with Gasteiger partial charge in [-0.05, 0) is 68.7 Å². The highest BCUT2D eigenvalue weighted by atomic mass is 32.1. The lowest BCUT2D eigenvalue weighted by Gasteiger charge is -2.20. The Bertz CT molecular complexity index is 1200. The summed E-state index contributed by atoms with van der Waals surface area (Å²) in [7, 11) is 0. The summed E-state index contributed by atoms with van der Waals surface area (Å²) in [5.41, 5.74) is 6.92. The first-order valence-corrected chi connectivity index (χ1v) is 10.4. The van der Waals surface area contributed by atoms with Crippen molar-refractivity contribution in [1.29, 1.82) is 0 Å². The van der Waals surface area contributed by atoms with Crippen LogP contribution in [0.4, 0.5) is 5.13 Å². The van der Waals surface area contributed by atoms with E-state index in [2.05, 4.69) is 31.0 Å². The summed E-state index contributed by atoms with van der Waals surface area (Å²) in [6.45, 7) is 8.55. The number of amides is 1. The van der Waals surface area contributed by atoms with E-state index in [1.165, 1.54) is 11.1 Å². The van der Waals surface area contributed by atoms with Gasteiger partial charge in [0.05, 0.1) is 22.5 Å². The van der Waals surface area contributed by atoms with Crippen LogP contribution in [0.3, 0.4) is 0 Å². The van der Waals surface area contributed by atoms with Gasteiger partial charge in [-0.15, -0.1) is 0 Å². The van der Waals surface area contributed by atoms with E-state index in [0.717, 1.165) is 27.0 Å². The van der Waals surface area contributed by atoms with Crippen LogP contribution >= 0.6 is 11.3 Å². The first-order chi connectivity index (χ1) is 13.9. The molecule has 0 unspecified atom stereocenters. The molecule has 0 bridgehead atoms. The molecule has 0 aliphatic carbocycles. The Hall–Kier alpha value is -3.05. The van der Waals surface area contributed by atoms with Gasteiger partial charge in [-0.3, -0.25) is 14.7 Å². The van der Waals surface area contributed by atoms with E-state index >= 15 is 0 Å². The van der Waals surface area contributed by atoms with Gasteiger partial charge in [0.2, 0.25) is 0 Å². The monoisotopic (exact) mass is 401 g/mol. The largest absolute Gasteiger partial charge is 0.278 e. The lowest BCUT2D eigenvalue weighted by Crippen LogP contribution is -2.31. The zero-order valence-electron chi connectivity index (χ0n) is 17.1. The van der Waals surface area contributed by atoms with E-state index < -0.39 is 0 Å². The Morgan fingerprint density at radius 2 is 1.76 bits per heavy atom. The summed E-state index contributed by atoms with van der Waals surface area (Å²) in [6.07, 6.45) is 1.75. The number of hydrogen-bond donors (Lipinski definition) is 0. The maximum Gasteiger partial charge on any atom is 0.260 e. The van der Waals surface area contributed by atoms with Gasteiger partial charge in [0, 0.05) is 11.8 Å². The van der Waals surface area contributed by atoms with Gasteiger partial charge in [0.15, 0.2) is 5.13 Å². The molecule has 29 heavy (non-hydrogen) atoms. The van der Waals surface area contributed by atoms with Crippen molar-refractivity contribution < 1.29 is 4.79 Å². The highest BCUT2D eigenvalue weighted by molar-refractivity contribution is 7.22. The predicted molar refractivity (Wildman–Crippen MR) is 120 cm³/mol. The topological polar surface area (TPSA) is 46.1 Å². The second-order valence-corrected chi connectivity index (χ2v) is 8.43. The van der Waals surface area contributed by atoms with Crippen LogP contribution in [0.25, 0.3) is 10.2 Å². The van der Waals surface area contributed by atoms with Gasteiger partial charge >= 0.3 is 0 Å². The molecule has 4 nitrogen and oxygen atoms in total. The van der Waals surface area contributed by atoms with Gasteiger partial charge in [-0.25, -0.2) is 4.98 Å². The van der Waals surface area contributed by atoms with E-state index in [0.29, 0.717) is 17.2 Å². The second-order valence-electron chi connectivity index (χ2n) is 7.46. The van der Waals surface area contributed by atoms with Crippen molar-refractivity contribution in [3.8, 4) is 0 Å². The van der Waals surface area contributed by atoms with Crippen LogP contribution in [0.15, 0.2) is 54.7 Å². The lowest BCUT2D eigenvalue weighted by atomic mass is 10.0. The van der Waals surface area contributed by atoms with Crippen LogP contribution in [0.5, 0.6) is 0 Å². The summed E-state index contributed by atoms with van der Waals surface area (Å²) >= 11 is 1.56. The van der Waals surface area contributed by atoms with Crippen LogP contribution in [0, 0.1) is 27.7 Å². The molecule has 0 aliphatic rings. The van der Waals surface area contributed by atoms with Gasteiger partial charge in [-0.2, -0.15) is 0 Å². The zero-order valence-corrected chi connectivity index (χ0v) is 17.9. The lowest BCUT2D eigenvalue weighted by molar-refractivity contribution is 0.0984. The number of aryl methyl sites for hydroxylation is 4. The van der Waals surface area contributed by atoms with Crippen LogP contribution < -0.4 is 4.90 Å². The number of aromatic nitrogens is 2. The molecule has 0 fully saturated rings. The maximum atomic E-state index is 13.6. The third-order valence-electron chi connectivity index (χ3n) is 4.94. The summed E-state index contributed by atoms with van der Waals surface area (Å²) in [4.78, 5) is 24.6. The number of benzene rings is 2. The van der Waals surface area contributed by atoms with Crippen LogP contribution in [-0.2, 0) is 6.54 Å². The summed E-state index contributed by atoms with van der Waals surface area (Å²) in [5.74, 6) is -0.0541. The molecular weight excluding hydrogens is 378 g/mol. The molecule has 0 N–H and O–H groups in total. The third-order valence-corrected chi connectivity index (χ3v) is 6.17. The predicted octanol–water partition coefficient (Wildman–Crippen LogP) is 5.77. The Morgan fingerprint density at radius 3 is 2.48 bits per heavy atom. The molecule has 0 aliphatic heterocycles. The molecule has 0 saturated heterocycles. The summed E-state index contributed by atoms with van der Waals surface area (Å²) < 4.78 is 1.12. The number of anilines is 1. The fourth-order valence-corrected chi connectivity index (χ4v) is 4.57. The minimum atomic E-state index is -0.0541. The first-order valence-electron chi connectivity index (χ1n) is 9.59. The summed E-state index contributed by atoms with van der Waals surface area (Å²) in [5, 5.41) is 0.698. The van der Waals surface area contributed by atoms with Crippen molar-refractivity contribution in [2.75, 3.05) is 4.90 Å². The first kappa shape index (κ1) is 19.3. The number of carbonyl (C=O) groups excluding carboxylic acids is 1. The number of thiazole rings is 1. The Balaban J connectivity index is 1.82. The van der Waals surface area contributed by atoms with Crippen LogP contribution in [0.2, 0.25) is 0 Å². The normalized spacial score (nSPS) is 11.0. The molecule has 0 atom stereocenters. The molecule has 0 radical (unpaired) electrons. The van der Waals surface area contributed by atoms with Gasteiger partial charge in [-0.1, -0.05) is 41.2 Å². The van der Waals surface area contributed by atoms with Crippen molar-refractivity contribution in [3.63, 3.8) is 0 Å². The highest BCUT2D eigenvalue weighted by Gasteiger charge is 2.24. The van der Waals surface area contributed by atoms with E-state index in [9.17, 15) is 4.79 Å². The Kier molecular flexibility index (Phi) is 5.16. The molecule has 2 aromatic carbocycles. The maximum absolute atomic E-state index is 13.6. The molecule has 1 amide bonds. The smallest absolute Gasteiger partial charge is 0.260 e. The van der Waals surface area contributed by atoms with Crippen LogP contribution in [-0.4, -0.2) is 15.9 Å². The molecule has 146 valence electrons. The number of hydrogen-bond acceptors (Lipinski definition) is 4. The number of pyridine rings is 1. The molecule has 4 rings (SSSR count). The molecular formula is C24H23N3OS. The van der Waals surface area contributed by atoms with Gasteiger partial charge < -0.3 is 0 Å². The molecule has 2 aromatic heterocycles. The molecule has 0 spiro atoms. The zero-order chi connectivity index (χ0) is 20.5. The van der Waals surface area contributed by atoms with Crippen molar-refractivity contribution in [2.24, 2.45) is 0 Å². The number of fused-ring (bicyclic) bond motifs is 1. The van der Waals surface area contributed by atoms with E-state index in [4.69, 9.17) is 4.98 Å². The molecule has 4 aromatic rings. The third kappa shape index (κ3) is 3.91. The minimum Gasteiger partial charge on any atom is -0.278 e. The van der Waals surface area contributed by atoms with E-state index in [-0.39, 0.29) is 5.91 Å². The number of nitrogens with zero attached hydrogens (tertiary/aromatic N) is 3. The average Bonchev–Trinajstić information content (AvgIpc) is 3.10. The molecule has 2 heterocycles. The summed E-state index contributed by atoms with van der Waals surface area (Å²) in [6, 6.07) is 15.9. The van der Waals surface area contributed by atoms with Gasteiger partial charge in [0.25, 0.3) is 5.91 Å². The average molecular weight is 402 g/mol. The fraction of sp³-hybridized carbons (Fsp3) is 0.208. The van der Waals surface area contributed by atoms with Gasteiger partial charge in [0.1, 0.15) is 0 Å². The van der Waals surface area contributed by atoms with E-state index in [1.807, 2.05) is 50.2 Å². The standard InChI is InChI=1S/C24H23N3OS/c1-15-8-9-20(17(3)11-15)23(28)27(14-19-7-5-6-10-25-19)24-26-21-13-16(2)12-18(4)22(21)29-24/h5-13H,14H2,1-4H3. The van der Waals surface area contributed by atoms with Crippen LogP contribution in [0.1, 0.15) is 38.3 Å². The Morgan fingerprint density at radius 1 is 0.966 bits per heavy atom. The number of rotatable bonds is 4.